The van der Waals surface area contributed by atoms with E-state index in [2.05, 4.69) is 24.8 Å². The van der Waals surface area contributed by atoms with Gasteiger partial charge in [-0.1, -0.05) is 12.1 Å². The summed E-state index contributed by atoms with van der Waals surface area (Å²) >= 11 is 0. The summed E-state index contributed by atoms with van der Waals surface area (Å²) < 4.78 is 34.9. The van der Waals surface area contributed by atoms with E-state index in [9.17, 15) is 13.6 Å². The number of anilines is 1. The van der Waals surface area contributed by atoms with Gasteiger partial charge in [0.25, 0.3) is 5.91 Å². The molecule has 1 amide bonds. The fraction of sp³-hybridized carbons (Fsp3) is 0.105. The molecule has 0 fully saturated rings. The SMILES string of the molecule is Cc1nccc(-c2cccc(NC(=O)c3ccc4c(c3)OC(F)(F)O4)c2)n1. The lowest BCUT2D eigenvalue weighted by Gasteiger charge is -2.08. The number of rotatable bonds is 3. The van der Waals surface area contributed by atoms with E-state index in [-0.39, 0.29) is 17.1 Å². The molecular weight excluding hydrogens is 356 g/mol. The van der Waals surface area contributed by atoms with Crippen LogP contribution in [0.15, 0.2) is 54.7 Å². The van der Waals surface area contributed by atoms with Crippen LogP contribution in [0.3, 0.4) is 0 Å². The molecule has 1 N–H and O–H groups in total. The van der Waals surface area contributed by atoms with Gasteiger partial charge in [0, 0.05) is 23.0 Å². The van der Waals surface area contributed by atoms with Crippen molar-refractivity contribution in [3.05, 3.63) is 66.1 Å². The second-order valence-corrected chi connectivity index (χ2v) is 5.85. The van der Waals surface area contributed by atoms with Crippen molar-refractivity contribution in [2.24, 2.45) is 0 Å². The third-order valence-electron chi connectivity index (χ3n) is 3.86. The summed E-state index contributed by atoms with van der Waals surface area (Å²) in [5.41, 5.74) is 2.24. The molecule has 1 aliphatic rings. The lowest BCUT2D eigenvalue weighted by Crippen LogP contribution is -2.25. The molecule has 136 valence electrons. The minimum Gasteiger partial charge on any atom is -0.395 e. The minimum atomic E-state index is -3.72. The van der Waals surface area contributed by atoms with Crippen LogP contribution in [0.1, 0.15) is 16.2 Å². The van der Waals surface area contributed by atoms with Crippen molar-refractivity contribution in [2.75, 3.05) is 5.32 Å². The maximum absolute atomic E-state index is 13.1. The summed E-state index contributed by atoms with van der Waals surface area (Å²) in [5, 5.41) is 2.73. The van der Waals surface area contributed by atoms with Crippen LogP contribution >= 0.6 is 0 Å². The maximum Gasteiger partial charge on any atom is 0.586 e. The van der Waals surface area contributed by atoms with Gasteiger partial charge in [-0.15, -0.1) is 8.78 Å². The number of aromatic nitrogens is 2. The fourth-order valence-electron chi connectivity index (χ4n) is 2.67. The molecule has 1 aliphatic heterocycles. The zero-order valence-corrected chi connectivity index (χ0v) is 14.1. The number of benzene rings is 2. The smallest absolute Gasteiger partial charge is 0.395 e. The van der Waals surface area contributed by atoms with E-state index in [1.165, 1.54) is 18.2 Å². The molecule has 0 saturated heterocycles. The van der Waals surface area contributed by atoms with E-state index in [1.807, 2.05) is 6.07 Å². The summed E-state index contributed by atoms with van der Waals surface area (Å²) in [6, 6.07) is 12.8. The number of halogens is 2. The monoisotopic (exact) mass is 369 g/mol. The second kappa shape index (κ2) is 6.31. The summed E-state index contributed by atoms with van der Waals surface area (Å²) in [6.07, 6.45) is -2.06. The van der Waals surface area contributed by atoms with Crippen LogP contribution in [0.5, 0.6) is 11.5 Å². The van der Waals surface area contributed by atoms with Crippen molar-refractivity contribution in [3.63, 3.8) is 0 Å². The van der Waals surface area contributed by atoms with Crippen molar-refractivity contribution >= 4 is 11.6 Å². The predicted molar refractivity (Wildman–Crippen MR) is 92.8 cm³/mol. The molecule has 0 spiro atoms. The zero-order chi connectivity index (χ0) is 19.0. The van der Waals surface area contributed by atoms with Crippen molar-refractivity contribution in [1.29, 1.82) is 0 Å². The third kappa shape index (κ3) is 3.55. The number of hydrogen-bond donors (Lipinski definition) is 1. The molecular formula is C19H13F2N3O3. The Morgan fingerprint density at radius 1 is 1.07 bits per heavy atom. The maximum atomic E-state index is 13.1. The van der Waals surface area contributed by atoms with Gasteiger partial charge >= 0.3 is 6.29 Å². The Morgan fingerprint density at radius 2 is 1.89 bits per heavy atom. The number of carbonyl (C=O) groups is 1. The lowest BCUT2D eigenvalue weighted by molar-refractivity contribution is -0.286. The molecule has 1 aromatic heterocycles. The molecule has 0 radical (unpaired) electrons. The van der Waals surface area contributed by atoms with E-state index in [0.717, 1.165) is 11.3 Å². The molecule has 8 heteroatoms. The van der Waals surface area contributed by atoms with E-state index in [0.29, 0.717) is 11.5 Å². The average Bonchev–Trinajstić information content (AvgIpc) is 2.94. The summed E-state index contributed by atoms with van der Waals surface area (Å²) in [7, 11) is 0. The number of hydrogen-bond acceptors (Lipinski definition) is 5. The molecule has 2 heterocycles. The Labute approximate surface area is 152 Å². The minimum absolute atomic E-state index is 0.113. The van der Waals surface area contributed by atoms with Gasteiger partial charge in [0.15, 0.2) is 11.5 Å². The predicted octanol–water partition coefficient (Wildman–Crippen LogP) is 4.03. The standard InChI is InChI=1S/C19H13F2N3O3/c1-11-22-8-7-15(23-11)12-3-2-4-14(9-12)24-18(25)13-5-6-16-17(10-13)27-19(20,21)26-16/h2-10H,1H3,(H,24,25). The molecule has 0 unspecified atom stereocenters. The summed E-state index contributed by atoms with van der Waals surface area (Å²) in [4.78, 5) is 20.9. The fourth-order valence-corrected chi connectivity index (χ4v) is 2.67. The molecule has 4 rings (SSSR count). The third-order valence-corrected chi connectivity index (χ3v) is 3.86. The Morgan fingerprint density at radius 3 is 2.70 bits per heavy atom. The van der Waals surface area contributed by atoms with Gasteiger partial charge in [-0.2, -0.15) is 0 Å². The van der Waals surface area contributed by atoms with Crippen molar-refractivity contribution in [2.45, 2.75) is 13.2 Å². The first-order valence-electron chi connectivity index (χ1n) is 8.01. The summed E-state index contributed by atoms with van der Waals surface area (Å²) in [6.45, 7) is 1.79. The molecule has 27 heavy (non-hydrogen) atoms. The Hall–Kier alpha value is -3.55. The van der Waals surface area contributed by atoms with Gasteiger partial charge in [0.2, 0.25) is 0 Å². The molecule has 0 bridgehead atoms. The van der Waals surface area contributed by atoms with Crippen LogP contribution in [0.25, 0.3) is 11.3 Å². The number of nitrogens with one attached hydrogen (secondary N) is 1. The van der Waals surface area contributed by atoms with Crippen LogP contribution in [0, 0.1) is 6.92 Å². The number of fused-ring (bicyclic) bond motifs is 1. The van der Waals surface area contributed by atoms with E-state index < -0.39 is 12.2 Å². The Bertz CT molecular complexity index is 1040. The molecule has 0 atom stereocenters. The molecule has 6 nitrogen and oxygen atoms in total. The Balaban J connectivity index is 1.55. The van der Waals surface area contributed by atoms with Gasteiger partial charge in [-0.25, -0.2) is 9.97 Å². The first-order valence-corrected chi connectivity index (χ1v) is 8.01. The van der Waals surface area contributed by atoms with Crippen LogP contribution in [0.2, 0.25) is 0 Å². The highest BCUT2D eigenvalue weighted by atomic mass is 19.3. The van der Waals surface area contributed by atoms with Crippen molar-refractivity contribution in [1.82, 2.24) is 9.97 Å². The lowest BCUT2D eigenvalue weighted by atomic mass is 10.1. The molecule has 0 saturated carbocycles. The number of alkyl halides is 2. The second-order valence-electron chi connectivity index (χ2n) is 5.85. The molecule has 2 aromatic carbocycles. The number of carbonyl (C=O) groups excluding carboxylic acids is 1. The van der Waals surface area contributed by atoms with Crippen molar-refractivity contribution < 1.29 is 23.0 Å². The van der Waals surface area contributed by atoms with Crippen molar-refractivity contribution in [3.8, 4) is 22.8 Å². The quantitative estimate of drug-likeness (QED) is 0.755. The topological polar surface area (TPSA) is 73.3 Å². The number of aryl methyl sites for hydroxylation is 1. The van der Waals surface area contributed by atoms with Gasteiger partial charge < -0.3 is 14.8 Å². The highest BCUT2D eigenvalue weighted by Crippen LogP contribution is 2.41. The first kappa shape index (κ1) is 16.9. The van der Waals surface area contributed by atoms with Crippen LogP contribution in [-0.2, 0) is 0 Å². The van der Waals surface area contributed by atoms with E-state index >= 15 is 0 Å². The normalized spacial score (nSPS) is 14.0. The van der Waals surface area contributed by atoms with Gasteiger partial charge in [-0.3, -0.25) is 4.79 Å². The average molecular weight is 369 g/mol. The molecule has 3 aromatic rings. The molecule has 0 aliphatic carbocycles. The Kier molecular flexibility index (Phi) is 3.95. The van der Waals surface area contributed by atoms with E-state index in [4.69, 9.17) is 0 Å². The number of amides is 1. The first-order chi connectivity index (χ1) is 12.9. The highest BCUT2D eigenvalue weighted by molar-refractivity contribution is 6.05. The largest absolute Gasteiger partial charge is 0.586 e. The van der Waals surface area contributed by atoms with Gasteiger partial charge in [0.1, 0.15) is 5.82 Å². The van der Waals surface area contributed by atoms with Gasteiger partial charge in [-0.05, 0) is 43.3 Å². The van der Waals surface area contributed by atoms with E-state index in [1.54, 1.807) is 37.4 Å². The van der Waals surface area contributed by atoms with Crippen LogP contribution in [-0.4, -0.2) is 22.2 Å². The number of nitrogens with zero attached hydrogens (tertiary/aromatic N) is 2. The highest BCUT2D eigenvalue weighted by Gasteiger charge is 2.43. The van der Waals surface area contributed by atoms with Crippen LogP contribution < -0.4 is 14.8 Å². The number of ether oxygens (including phenoxy) is 2. The summed E-state index contributed by atoms with van der Waals surface area (Å²) in [5.74, 6) is -0.123. The van der Waals surface area contributed by atoms with Gasteiger partial charge in [0.05, 0.1) is 5.69 Å². The zero-order valence-electron chi connectivity index (χ0n) is 14.1. The van der Waals surface area contributed by atoms with Crippen LogP contribution in [0.4, 0.5) is 14.5 Å².